The minimum absolute atomic E-state index is 0.0192. The highest BCUT2D eigenvalue weighted by Gasteiger charge is 2.21. The maximum Gasteiger partial charge on any atom is 0.230 e. The Balaban J connectivity index is 2.06. The van der Waals surface area contributed by atoms with Gasteiger partial charge in [0, 0.05) is 5.69 Å². The Morgan fingerprint density at radius 3 is 3.00 bits per heavy atom. The summed E-state index contributed by atoms with van der Waals surface area (Å²) in [6.45, 7) is 1.66. The quantitative estimate of drug-likeness (QED) is 0.757. The molecule has 6 nitrogen and oxygen atoms in total. The highest BCUT2D eigenvalue weighted by Crippen LogP contribution is 2.30. The van der Waals surface area contributed by atoms with E-state index < -0.39 is 18.4 Å². The first-order valence-corrected chi connectivity index (χ1v) is 8.54. The standard InChI is InChI=1S/C16H19N3O3S/c1-2-10-3-4-13-11(5-10)6-12(7-17)16(19-13)23-9-14(20)18-8-15(21)22/h6,10H,2-5,8-9H2,1H3,(H,18,20)(H,21,22)/p-1/t10-/m1/s1. The fraction of sp³-hybridized carbons (Fsp3) is 0.500. The highest BCUT2D eigenvalue weighted by molar-refractivity contribution is 8.00. The molecule has 1 aliphatic carbocycles. The number of fused-ring (bicyclic) bond motifs is 1. The maximum absolute atomic E-state index is 11.6. The molecule has 0 aromatic carbocycles. The van der Waals surface area contributed by atoms with Crippen molar-refractivity contribution in [1.29, 1.82) is 5.26 Å². The summed E-state index contributed by atoms with van der Waals surface area (Å²) in [7, 11) is 0. The Morgan fingerprint density at radius 2 is 2.35 bits per heavy atom. The average molecular weight is 332 g/mol. The van der Waals surface area contributed by atoms with Crippen LogP contribution in [0.2, 0.25) is 0 Å². The third-order valence-electron chi connectivity index (χ3n) is 3.92. The van der Waals surface area contributed by atoms with E-state index >= 15 is 0 Å². The number of carbonyl (C=O) groups excluding carboxylic acids is 2. The first-order valence-electron chi connectivity index (χ1n) is 7.55. The number of nitrogens with one attached hydrogen (secondary N) is 1. The predicted octanol–water partition coefficient (Wildman–Crippen LogP) is 0.426. The van der Waals surface area contributed by atoms with Crippen LogP contribution in [0, 0.1) is 17.2 Å². The minimum Gasteiger partial charge on any atom is -0.548 e. The molecule has 1 aromatic heterocycles. The molecule has 0 aliphatic heterocycles. The first-order chi connectivity index (χ1) is 11.0. The molecular weight excluding hydrogens is 314 g/mol. The van der Waals surface area contributed by atoms with E-state index in [9.17, 15) is 20.0 Å². The van der Waals surface area contributed by atoms with Gasteiger partial charge < -0.3 is 15.2 Å². The van der Waals surface area contributed by atoms with Gasteiger partial charge in [-0.2, -0.15) is 5.26 Å². The van der Waals surface area contributed by atoms with Crippen molar-refractivity contribution in [3.63, 3.8) is 0 Å². The molecule has 0 spiro atoms. The van der Waals surface area contributed by atoms with Gasteiger partial charge >= 0.3 is 0 Å². The van der Waals surface area contributed by atoms with Crippen molar-refractivity contribution in [2.24, 2.45) is 5.92 Å². The van der Waals surface area contributed by atoms with E-state index in [1.165, 1.54) is 0 Å². The zero-order valence-electron chi connectivity index (χ0n) is 12.9. The number of hydrogen-bond donors (Lipinski definition) is 1. The van der Waals surface area contributed by atoms with E-state index in [0.29, 0.717) is 16.5 Å². The van der Waals surface area contributed by atoms with Crippen LogP contribution in [0.4, 0.5) is 0 Å². The number of carboxylic acid groups (broad SMARTS) is 1. The molecule has 0 unspecified atom stereocenters. The molecule has 1 atom stereocenters. The number of nitriles is 1. The molecule has 1 N–H and O–H groups in total. The number of rotatable bonds is 6. The lowest BCUT2D eigenvalue weighted by Gasteiger charge is -2.23. The molecule has 0 saturated heterocycles. The molecule has 0 saturated carbocycles. The molecule has 23 heavy (non-hydrogen) atoms. The van der Waals surface area contributed by atoms with Gasteiger partial charge in [0.2, 0.25) is 5.91 Å². The minimum atomic E-state index is -1.33. The zero-order chi connectivity index (χ0) is 16.8. The van der Waals surface area contributed by atoms with Crippen molar-refractivity contribution in [2.45, 2.75) is 37.6 Å². The van der Waals surface area contributed by atoms with Gasteiger partial charge in [0.1, 0.15) is 11.1 Å². The number of hydrogen-bond acceptors (Lipinski definition) is 6. The number of pyridine rings is 1. The monoisotopic (exact) mass is 332 g/mol. The van der Waals surface area contributed by atoms with Crippen LogP contribution in [0.25, 0.3) is 0 Å². The van der Waals surface area contributed by atoms with Gasteiger partial charge in [-0.05, 0) is 36.8 Å². The van der Waals surface area contributed by atoms with E-state index in [0.717, 1.165) is 48.7 Å². The van der Waals surface area contributed by atoms with Crippen LogP contribution in [-0.2, 0) is 22.4 Å². The number of thioether (sulfide) groups is 1. The van der Waals surface area contributed by atoms with Gasteiger partial charge in [-0.3, -0.25) is 4.79 Å². The normalized spacial score (nSPS) is 16.3. The first kappa shape index (κ1) is 17.3. The van der Waals surface area contributed by atoms with Gasteiger partial charge in [0.05, 0.1) is 23.8 Å². The number of amides is 1. The molecule has 0 bridgehead atoms. The van der Waals surface area contributed by atoms with Crippen LogP contribution in [0.15, 0.2) is 11.1 Å². The van der Waals surface area contributed by atoms with Crippen molar-refractivity contribution < 1.29 is 14.7 Å². The van der Waals surface area contributed by atoms with Gasteiger partial charge in [-0.1, -0.05) is 25.1 Å². The number of aromatic nitrogens is 1. The Labute approximate surface area is 139 Å². The Morgan fingerprint density at radius 1 is 1.57 bits per heavy atom. The van der Waals surface area contributed by atoms with Crippen LogP contribution in [0.5, 0.6) is 0 Å². The van der Waals surface area contributed by atoms with Crippen molar-refractivity contribution in [3.05, 3.63) is 22.9 Å². The molecule has 2 rings (SSSR count). The molecule has 122 valence electrons. The van der Waals surface area contributed by atoms with Gasteiger partial charge in [0.25, 0.3) is 0 Å². The highest BCUT2D eigenvalue weighted by atomic mass is 32.2. The molecule has 7 heteroatoms. The molecule has 1 heterocycles. The third kappa shape index (κ3) is 4.70. The van der Waals surface area contributed by atoms with E-state index in [2.05, 4.69) is 23.3 Å². The zero-order valence-corrected chi connectivity index (χ0v) is 13.7. The molecule has 1 amide bonds. The summed E-state index contributed by atoms with van der Waals surface area (Å²) in [6, 6.07) is 4.01. The van der Waals surface area contributed by atoms with Crippen LogP contribution in [0.1, 0.15) is 36.6 Å². The summed E-state index contributed by atoms with van der Waals surface area (Å²) in [5, 5.41) is 22.4. The summed E-state index contributed by atoms with van der Waals surface area (Å²) in [6.07, 6.45) is 4.06. The van der Waals surface area contributed by atoms with Crippen molar-refractivity contribution in [3.8, 4) is 6.07 Å². The second-order valence-corrected chi connectivity index (χ2v) is 6.48. The smallest absolute Gasteiger partial charge is 0.230 e. The van der Waals surface area contributed by atoms with Crippen molar-refractivity contribution in [2.75, 3.05) is 12.3 Å². The molecular formula is C16H18N3O3S-. The summed E-state index contributed by atoms with van der Waals surface area (Å²) >= 11 is 1.15. The molecule has 0 radical (unpaired) electrons. The van der Waals surface area contributed by atoms with Gasteiger partial charge in [-0.25, -0.2) is 4.98 Å². The second kappa shape index (κ2) is 7.97. The number of aliphatic carboxylic acids is 1. The fourth-order valence-electron chi connectivity index (χ4n) is 2.62. The van der Waals surface area contributed by atoms with Crippen molar-refractivity contribution in [1.82, 2.24) is 10.3 Å². The summed E-state index contributed by atoms with van der Waals surface area (Å²) in [5.74, 6) is -1.09. The summed E-state index contributed by atoms with van der Waals surface area (Å²) in [5.41, 5.74) is 2.61. The topological polar surface area (TPSA) is 106 Å². The SMILES string of the molecule is CC[C@@H]1CCc2nc(SCC(=O)NCC(=O)[O-])c(C#N)cc2C1. The van der Waals surface area contributed by atoms with Crippen molar-refractivity contribution >= 4 is 23.6 Å². The number of carboxylic acids is 1. The van der Waals surface area contributed by atoms with Crippen LogP contribution >= 0.6 is 11.8 Å². The maximum atomic E-state index is 11.6. The average Bonchev–Trinajstić information content (AvgIpc) is 2.56. The Kier molecular flexibility index (Phi) is 5.99. The van der Waals surface area contributed by atoms with E-state index in [1.807, 2.05) is 6.07 Å². The van der Waals surface area contributed by atoms with E-state index in [4.69, 9.17) is 0 Å². The number of carbonyl (C=O) groups is 2. The van der Waals surface area contributed by atoms with Crippen LogP contribution in [0.3, 0.4) is 0 Å². The van der Waals surface area contributed by atoms with E-state index in [1.54, 1.807) is 0 Å². The molecule has 0 fully saturated rings. The lowest BCUT2D eigenvalue weighted by atomic mass is 9.85. The Bertz CT molecular complexity index is 655. The summed E-state index contributed by atoms with van der Waals surface area (Å²) in [4.78, 5) is 26.4. The number of nitrogens with zero attached hydrogens (tertiary/aromatic N) is 2. The molecule has 1 aromatic rings. The number of aryl methyl sites for hydroxylation is 1. The third-order valence-corrected chi connectivity index (χ3v) is 4.91. The van der Waals surface area contributed by atoms with E-state index in [-0.39, 0.29) is 5.75 Å². The second-order valence-electron chi connectivity index (χ2n) is 5.51. The van der Waals surface area contributed by atoms with Crippen LogP contribution < -0.4 is 10.4 Å². The lowest BCUT2D eigenvalue weighted by molar-refractivity contribution is -0.303. The van der Waals surface area contributed by atoms with Gasteiger partial charge in [0.15, 0.2) is 0 Å². The van der Waals surface area contributed by atoms with Crippen LogP contribution in [-0.4, -0.2) is 29.2 Å². The lowest BCUT2D eigenvalue weighted by Crippen LogP contribution is -2.38. The summed E-state index contributed by atoms with van der Waals surface area (Å²) < 4.78 is 0. The largest absolute Gasteiger partial charge is 0.548 e. The fourth-order valence-corrected chi connectivity index (χ4v) is 3.42. The Hall–Kier alpha value is -2.07. The molecule has 1 aliphatic rings. The predicted molar refractivity (Wildman–Crippen MR) is 83.5 cm³/mol. The van der Waals surface area contributed by atoms with Gasteiger partial charge in [-0.15, -0.1) is 0 Å².